The van der Waals surface area contributed by atoms with E-state index in [-0.39, 0.29) is 17.0 Å². The molecule has 140 valence electrons. The summed E-state index contributed by atoms with van der Waals surface area (Å²) in [6, 6.07) is 6.90. The smallest absolute Gasteiger partial charge is 0.335 e. The van der Waals surface area contributed by atoms with Gasteiger partial charge in [-0.15, -0.1) is 0 Å². The van der Waals surface area contributed by atoms with Gasteiger partial charge in [-0.1, -0.05) is 12.1 Å². The van der Waals surface area contributed by atoms with Crippen LogP contribution in [-0.2, 0) is 25.6 Å². The van der Waals surface area contributed by atoms with Crippen LogP contribution < -0.4 is 4.72 Å². The minimum atomic E-state index is -4.34. The Morgan fingerprint density at radius 2 is 1.81 bits per heavy atom. The molecule has 2 aromatic carbocycles. The molecule has 2 rings (SSSR count). The number of benzene rings is 2. The zero-order chi connectivity index (χ0) is 19.7. The molecule has 0 amide bonds. The SMILES string of the molecule is Cc1c(CS(C)(=O)=O)cccc1NS(=O)(=O)c1ccc(C(=O)O)cc1F. The number of sulfone groups is 1. The van der Waals surface area contributed by atoms with E-state index in [9.17, 15) is 26.0 Å². The van der Waals surface area contributed by atoms with E-state index >= 15 is 0 Å². The molecular formula is C16H16FNO6S2. The molecule has 0 saturated heterocycles. The number of sulfonamides is 1. The molecule has 0 saturated carbocycles. The average Bonchev–Trinajstić information content (AvgIpc) is 2.49. The summed E-state index contributed by atoms with van der Waals surface area (Å²) < 4.78 is 64.1. The van der Waals surface area contributed by atoms with E-state index in [0.717, 1.165) is 18.4 Å². The van der Waals surface area contributed by atoms with Gasteiger partial charge in [0.05, 0.1) is 17.0 Å². The lowest BCUT2D eigenvalue weighted by Gasteiger charge is -2.14. The molecule has 0 spiro atoms. The number of halogens is 1. The van der Waals surface area contributed by atoms with Crippen molar-refractivity contribution in [3.8, 4) is 0 Å². The van der Waals surface area contributed by atoms with Gasteiger partial charge in [-0.05, 0) is 42.3 Å². The van der Waals surface area contributed by atoms with E-state index in [4.69, 9.17) is 5.11 Å². The van der Waals surface area contributed by atoms with Crippen molar-refractivity contribution in [2.75, 3.05) is 11.0 Å². The van der Waals surface area contributed by atoms with Crippen LogP contribution in [0.2, 0.25) is 0 Å². The summed E-state index contributed by atoms with van der Waals surface area (Å²) in [6.07, 6.45) is 1.06. The lowest BCUT2D eigenvalue weighted by molar-refractivity contribution is 0.0696. The average molecular weight is 401 g/mol. The van der Waals surface area contributed by atoms with Gasteiger partial charge in [0.15, 0.2) is 9.84 Å². The van der Waals surface area contributed by atoms with Crippen LogP contribution in [0, 0.1) is 12.7 Å². The van der Waals surface area contributed by atoms with Crippen LogP contribution >= 0.6 is 0 Å². The lowest BCUT2D eigenvalue weighted by Crippen LogP contribution is -2.16. The molecule has 0 heterocycles. The van der Waals surface area contributed by atoms with Gasteiger partial charge in [-0.3, -0.25) is 4.72 Å². The quantitative estimate of drug-likeness (QED) is 0.766. The van der Waals surface area contributed by atoms with Crippen molar-refractivity contribution in [3.63, 3.8) is 0 Å². The number of hydrogen-bond donors (Lipinski definition) is 2. The zero-order valence-electron chi connectivity index (χ0n) is 13.9. The highest BCUT2D eigenvalue weighted by molar-refractivity contribution is 7.92. The summed E-state index contributed by atoms with van der Waals surface area (Å²) in [4.78, 5) is 10.1. The van der Waals surface area contributed by atoms with Crippen LogP contribution in [0.1, 0.15) is 21.5 Å². The van der Waals surface area contributed by atoms with Crippen LogP contribution in [0.15, 0.2) is 41.3 Å². The van der Waals surface area contributed by atoms with Crippen LogP contribution in [0.4, 0.5) is 10.1 Å². The van der Waals surface area contributed by atoms with Crippen molar-refractivity contribution >= 4 is 31.5 Å². The molecule has 0 fully saturated rings. The number of aromatic carboxylic acids is 1. The minimum Gasteiger partial charge on any atom is -0.478 e. The number of carboxylic acids is 1. The van der Waals surface area contributed by atoms with Crippen molar-refractivity contribution in [3.05, 3.63) is 58.9 Å². The van der Waals surface area contributed by atoms with E-state index in [1.54, 1.807) is 13.0 Å². The Bertz CT molecular complexity index is 1080. The maximum Gasteiger partial charge on any atom is 0.335 e. The van der Waals surface area contributed by atoms with Gasteiger partial charge < -0.3 is 5.11 Å². The standard InChI is InChI=1S/C16H16FNO6S2/c1-10-12(9-25(2,21)22)4-3-5-14(10)18-26(23,24)15-7-6-11(16(19)20)8-13(15)17/h3-8,18H,9H2,1-2H3,(H,19,20). The zero-order valence-corrected chi connectivity index (χ0v) is 15.5. The molecule has 0 aliphatic rings. The van der Waals surface area contributed by atoms with Crippen LogP contribution in [0.3, 0.4) is 0 Å². The van der Waals surface area contributed by atoms with Crippen molar-refractivity contribution < 1.29 is 31.1 Å². The molecule has 2 aromatic rings. The Balaban J connectivity index is 2.42. The number of carboxylic acid groups (broad SMARTS) is 1. The molecule has 0 aliphatic carbocycles. The second kappa shape index (κ2) is 7.04. The Morgan fingerprint density at radius 1 is 1.15 bits per heavy atom. The van der Waals surface area contributed by atoms with Gasteiger partial charge in [-0.2, -0.15) is 0 Å². The van der Waals surface area contributed by atoms with E-state index in [0.29, 0.717) is 17.2 Å². The first-order chi connectivity index (χ1) is 11.9. The first kappa shape index (κ1) is 19.9. The molecule has 26 heavy (non-hydrogen) atoms. The number of nitrogens with one attached hydrogen (secondary N) is 1. The van der Waals surface area contributed by atoms with Gasteiger partial charge in [0.1, 0.15) is 10.7 Å². The summed E-state index contributed by atoms with van der Waals surface area (Å²) in [5.74, 6) is -2.86. The molecule has 2 N–H and O–H groups in total. The molecule has 7 nitrogen and oxygen atoms in total. The minimum absolute atomic E-state index is 0.105. The third kappa shape index (κ3) is 4.58. The van der Waals surface area contributed by atoms with Crippen molar-refractivity contribution in [2.45, 2.75) is 17.6 Å². The highest BCUT2D eigenvalue weighted by Gasteiger charge is 2.22. The van der Waals surface area contributed by atoms with Gasteiger partial charge in [0.25, 0.3) is 10.0 Å². The van der Waals surface area contributed by atoms with E-state index < -0.39 is 36.5 Å². The van der Waals surface area contributed by atoms with E-state index in [1.807, 2.05) is 0 Å². The summed E-state index contributed by atoms with van der Waals surface area (Å²) in [7, 11) is -7.66. The fraction of sp³-hybridized carbons (Fsp3) is 0.188. The van der Waals surface area contributed by atoms with Crippen molar-refractivity contribution in [1.29, 1.82) is 0 Å². The lowest BCUT2D eigenvalue weighted by atomic mass is 10.1. The third-order valence-corrected chi connectivity index (χ3v) is 5.81. The second-order valence-electron chi connectivity index (χ2n) is 5.72. The molecule has 0 atom stereocenters. The Hall–Kier alpha value is -2.46. The van der Waals surface area contributed by atoms with Crippen LogP contribution in [0.25, 0.3) is 0 Å². The number of carbonyl (C=O) groups is 1. The second-order valence-corrected chi connectivity index (χ2v) is 9.51. The maximum absolute atomic E-state index is 14.0. The summed E-state index contributed by atoms with van der Waals surface area (Å²) in [5, 5.41) is 8.82. The van der Waals surface area contributed by atoms with Crippen molar-refractivity contribution in [1.82, 2.24) is 0 Å². The van der Waals surface area contributed by atoms with Crippen LogP contribution in [0.5, 0.6) is 0 Å². The number of hydrogen-bond acceptors (Lipinski definition) is 5. The Kier molecular flexibility index (Phi) is 5.38. The van der Waals surface area contributed by atoms with Crippen molar-refractivity contribution in [2.24, 2.45) is 0 Å². The molecule has 10 heteroatoms. The Morgan fingerprint density at radius 3 is 2.35 bits per heavy atom. The summed E-state index contributed by atoms with van der Waals surface area (Å²) in [5.41, 5.74) is 0.527. The molecule has 0 aromatic heterocycles. The molecule has 0 bridgehead atoms. The van der Waals surface area contributed by atoms with Gasteiger partial charge in [0, 0.05) is 6.26 Å². The maximum atomic E-state index is 14.0. The molecule has 0 unspecified atom stereocenters. The number of rotatable bonds is 6. The monoisotopic (exact) mass is 401 g/mol. The number of anilines is 1. The summed E-state index contributed by atoms with van der Waals surface area (Å²) in [6.45, 7) is 1.54. The Labute approximate surface area is 150 Å². The largest absolute Gasteiger partial charge is 0.478 e. The molecular weight excluding hydrogens is 385 g/mol. The molecule has 0 aliphatic heterocycles. The summed E-state index contributed by atoms with van der Waals surface area (Å²) >= 11 is 0. The van der Waals surface area contributed by atoms with Gasteiger partial charge in [0.2, 0.25) is 0 Å². The highest BCUT2D eigenvalue weighted by atomic mass is 32.2. The fourth-order valence-electron chi connectivity index (χ4n) is 2.28. The fourth-order valence-corrected chi connectivity index (χ4v) is 4.35. The predicted octanol–water partition coefficient (Wildman–Crippen LogP) is 2.18. The van der Waals surface area contributed by atoms with Crippen LogP contribution in [-0.4, -0.2) is 34.2 Å². The van der Waals surface area contributed by atoms with E-state index in [2.05, 4.69) is 4.72 Å². The highest BCUT2D eigenvalue weighted by Crippen LogP contribution is 2.25. The van der Waals surface area contributed by atoms with Gasteiger partial charge in [-0.25, -0.2) is 26.0 Å². The third-order valence-electron chi connectivity index (χ3n) is 3.58. The van der Waals surface area contributed by atoms with E-state index in [1.165, 1.54) is 12.1 Å². The first-order valence-corrected chi connectivity index (χ1v) is 10.8. The van der Waals surface area contributed by atoms with Gasteiger partial charge >= 0.3 is 5.97 Å². The topological polar surface area (TPSA) is 118 Å². The predicted molar refractivity (Wildman–Crippen MR) is 93.9 cm³/mol. The first-order valence-electron chi connectivity index (χ1n) is 7.22. The normalized spacial score (nSPS) is 12.0. The molecule has 0 radical (unpaired) electrons.